The number of phenolic OH excluding ortho intramolecular Hbond substituents is 1. The number of amides is 9. The number of benzene rings is 1. The Morgan fingerprint density at radius 1 is 0.857 bits per heavy atom. The van der Waals surface area contributed by atoms with Crippen LogP contribution in [-0.4, -0.2) is 156 Å². The predicted molar refractivity (Wildman–Crippen MR) is 221 cm³/mol. The number of fused-ring (bicyclic) bond motifs is 5. The number of phenols is 1. The minimum Gasteiger partial charge on any atom is -0.508 e. The van der Waals surface area contributed by atoms with E-state index in [1.165, 1.54) is 32.0 Å². The molecule has 63 heavy (non-hydrogen) atoms. The number of aliphatic hydroxyl groups excluding tert-OH is 2. The Balaban J connectivity index is 1.73. The lowest BCUT2D eigenvalue weighted by Gasteiger charge is -2.32. The first kappa shape index (κ1) is 47.9. The van der Waals surface area contributed by atoms with E-state index < -0.39 is 162 Å². The second-order valence-corrected chi connectivity index (χ2v) is 17.6. The number of carbonyl (C=O) groups excluding carboxylic acids is 9. The molecule has 1 fully saturated rings. The van der Waals surface area contributed by atoms with E-state index in [1.807, 2.05) is 0 Å². The largest absolute Gasteiger partial charge is 0.508 e. The van der Waals surface area contributed by atoms with Crippen molar-refractivity contribution in [2.24, 2.45) is 17.6 Å². The number of carbonyl (C=O) groups is 9. The summed E-state index contributed by atoms with van der Waals surface area (Å²) >= 11 is 0. The summed E-state index contributed by atoms with van der Waals surface area (Å²) in [6, 6.07) is -5.57. The van der Waals surface area contributed by atoms with Crippen LogP contribution in [0.15, 0.2) is 23.2 Å². The Bertz CT molecular complexity index is 2180. The minimum absolute atomic E-state index is 0.117. The van der Waals surface area contributed by atoms with Crippen molar-refractivity contribution < 1.29 is 62.7 Å². The molecule has 0 unspecified atom stereocenters. The molecule has 1 aromatic carbocycles. The minimum atomic E-state index is -2.35. The van der Waals surface area contributed by atoms with Gasteiger partial charge in [0.15, 0.2) is 0 Å². The van der Waals surface area contributed by atoms with E-state index in [2.05, 4.69) is 42.2 Å². The van der Waals surface area contributed by atoms with Gasteiger partial charge in [0.1, 0.15) is 47.0 Å². The molecule has 24 heteroatoms. The van der Waals surface area contributed by atoms with E-state index in [0.717, 1.165) is 4.90 Å². The van der Waals surface area contributed by atoms with E-state index >= 15 is 0 Å². The maximum atomic E-state index is 14.6. The van der Waals surface area contributed by atoms with Gasteiger partial charge >= 0.3 is 0 Å². The van der Waals surface area contributed by atoms with Gasteiger partial charge in [-0.3, -0.25) is 47.4 Å². The van der Waals surface area contributed by atoms with Gasteiger partial charge in [-0.25, -0.2) is 0 Å². The Labute approximate surface area is 363 Å². The van der Waals surface area contributed by atoms with Gasteiger partial charge < -0.3 is 68.2 Å². The SMILES string of the molecule is CC[C@H](C)[C@@H]1NC(=O)CNC(=O)[C@@H]2Cc3c([nH]c4cc(O)ccc34)[S@](=O)C[C@H](NC(=O)CNC1=O)C(=O)N[C@@H](CC(N)=O)C(=O)N1C[C@H](O)C[C@H]1C(=O)N[C@@H]([C@@H](C)[C@H](C)O)C(=O)N2. The van der Waals surface area contributed by atoms with Crippen LogP contribution in [0.2, 0.25) is 0 Å². The molecule has 4 heterocycles. The van der Waals surface area contributed by atoms with Gasteiger partial charge in [-0.05, 0) is 30.5 Å². The molecule has 13 N–H and O–H groups in total. The number of primary amides is 1. The number of aromatic amines is 1. The molecule has 2 bridgehead atoms. The molecule has 11 atom stereocenters. The Morgan fingerprint density at radius 2 is 1.52 bits per heavy atom. The van der Waals surface area contributed by atoms with E-state index in [4.69, 9.17) is 5.73 Å². The first-order valence-corrected chi connectivity index (χ1v) is 21.7. The van der Waals surface area contributed by atoms with Crippen molar-refractivity contribution in [1.82, 2.24) is 47.1 Å². The fourth-order valence-corrected chi connectivity index (χ4v) is 8.99. The number of nitrogens with zero attached hydrogens (tertiary/aromatic N) is 1. The van der Waals surface area contributed by atoms with Crippen molar-refractivity contribution in [3.63, 3.8) is 0 Å². The number of H-pyrrole nitrogens is 1. The Hall–Kier alpha value is -6.14. The lowest BCUT2D eigenvalue weighted by molar-refractivity contribution is -0.144. The number of aromatic hydroxyl groups is 1. The zero-order valence-electron chi connectivity index (χ0n) is 35.0. The number of aliphatic hydroxyl groups is 2. The number of hydrogen-bond donors (Lipinski definition) is 12. The highest BCUT2D eigenvalue weighted by Gasteiger charge is 2.45. The van der Waals surface area contributed by atoms with E-state index in [1.54, 1.807) is 13.8 Å². The molecule has 0 saturated carbocycles. The van der Waals surface area contributed by atoms with Crippen LogP contribution in [0.25, 0.3) is 10.9 Å². The van der Waals surface area contributed by atoms with Crippen LogP contribution in [0, 0.1) is 11.8 Å². The fraction of sp³-hybridized carbons (Fsp3) is 0.564. The summed E-state index contributed by atoms with van der Waals surface area (Å²) in [7, 11) is -2.35. The van der Waals surface area contributed by atoms with Crippen LogP contribution in [0.5, 0.6) is 5.75 Å². The van der Waals surface area contributed by atoms with Crippen molar-refractivity contribution in [1.29, 1.82) is 0 Å². The average molecular weight is 903 g/mol. The van der Waals surface area contributed by atoms with Crippen molar-refractivity contribution >= 4 is 74.9 Å². The molecule has 344 valence electrons. The molecule has 2 aromatic rings. The van der Waals surface area contributed by atoms with Gasteiger partial charge in [-0.1, -0.05) is 27.2 Å². The summed E-state index contributed by atoms with van der Waals surface area (Å²) in [5.41, 5.74) is 5.80. The van der Waals surface area contributed by atoms with Gasteiger partial charge in [-0.2, -0.15) is 0 Å². The van der Waals surface area contributed by atoms with Gasteiger partial charge in [-0.15, -0.1) is 0 Å². The number of aromatic nitrogens is 1. The van der Waals surface area contributed by atoms with Crippen LogP contribution < -0.4 is 43.0 Å². The average Bonchev–Trinajstić information content (AvgIpc) is 3.80. The molecule has 3 aliphatic heterocycles. The van der Waals surface area contributed by atoms with Gasteiger partial charge in [0.05, 0.1) is 53.8 Å². The smallest absolute Gasteiger partial charge is 0.246 e. The molecule has 0 aliphatic carbocycles. The van der Waals surface area contributed by atoms with Gasteiger partial charge in [0, 0.05) is 36.8 Å². The van der Waals surface area contributed by atoms with E-state index in [9.17, 15) is 62.7 Å². The summed E-state index contributed by atoms with van der Waals surface area (Å²) < 4.78 is 14.6. The highest BCUT2D eigenvalue weighted by Crippen LogP contribution is 2.30. The number of nitrogens with one attached hydrogen (secondary N) is 8. The Morgan fingerprint density at radius 3 is 2.17 bits per heavy atom. The number of rotatable bonds is 6. The highest BCUT2D eigenvalue weighted by atomic mass is 32.2. The summed E-state index contributed by atoms with van der Waals surface area (Å²) in [4.78, 5) is 127. The molecule has 1 aromatic heterocycles. The van der Waals surface area contributed by atoms with Crippen LogP contribution in [-0.2, 0) is 60.4 Å². The maximum Gasteiger partial charge on any atom is 0.246 e. The quantitative estimate of drug-likeness (QED) is 0.130. The highest BCUT2D eigenvalue weighted by molar-refractivity contribution is 7.85. The molecule has 0 spiro atoms. The third kappa shape index (κ3) is 11.5. The van der Waals surface area contributed by atoms with Crippen LogP contribution >= 0.6 is 0 Å². The zero-order chi connectivity index (χ0) is 46.4. The summed E-state index contributed by atoms with van der Waals surface area (Å²) in [6.45, 7) is 4.23. The molecular formula is C39H54N10O13S. The number of hydrogen-bond acceptors (Lipinski definition) is 13. The third-order valence-electron chi connectivity index (χ3n) is 11.5. The Kier molecular flexibility index (Phi) is 15.5. The first-order chi connectivity index (χ1) is 29.7. The fourth-order valence-electron chi connectivity index (χ4n) is 7.59. The molecular weight excluding hydrogens is 849 g/mol. The van der Waals surface area contributed by atoms with Gasteiger partial charge in [0.2, 0.25) is 53.2 Å². The van der Waals surface area contributed by atoms with Crippen LogP contribution in [0.4, 0.5) is 0 Å². The van der Waals surface area contributed by atoms with Gasteiger partial charge in [0.25, 0.3) is 0 Å². The summed E-state index contributed by atoms with van der Waals surface area (Å²) in [5.74, 6) is -11.4. The van der Waals surface area contributed by atoms with E-state index in [-0.39, 0.29) is 28.3 Å². The molecule has 3 aliphatic rings. The van der Waals surface area contributed by atoms with Crippen LogP contribution in [0.3, 0.4) is 0 Å². The first-order valence-electron chi connectivity index (χ1n) is 20.4. The van der Waals surface area contributed by atoms with Crippen molar-refractivity contribution in [3.8, 4) is 5.75 Å². The maximum absolute atomic E-state index is 14.6. The normalized spacial score (nSPS) is 28.8. The molecule has 23 nitrogen and oxygen atoms in total. The van der Waals surface area contributed by atoms with Crippen molar-refractivity contribution in [3.05, 3.63) is 23.8 Å². The lowest BCUT2D eigenvalue weighted by atomic mass is 9.94. The van der Waals surface area contributed by atoms with Crippen molar-refractivity contribution in [2.75, 3.05) is 25.4 Å². The zero-order valence-corrected chi connectivity index (χ0v) is 35.8. The standard InChI is InChI=1S/C39H54N10O13S/c1-5-16(2)31-36(59)42-12-29(54)43-26-15-63(62)38-22(21-7-6-19(51)8-23(21)46-38)10-24(33(56)41-13-30(55)47-31)44-37(60)32(17(3)18(4)50)48-35(58)27-9-20(52)14-49(27)39(61)25(11-28(40)53)45-34(26)57/h6-8,16-18,20,24-27,31-32,46,50-52H,5,9-15H2,1-4H3,(H2,40,53)(H,41,56)(H,42,59)(H,43,54)(H,44,60)(H,45,57)(H,47,55)(H,48,58)/t16-,17-,18-,20+,24-,25-,26-,27-,31-,32-,63+/m0/s1. The van der Waals surface area contributed by atoms with Crippen LogP contribution in [0.1, 0.15) is 52.5 Å². The van der Waals surface area contributed by atoms with E-state index in [0.29, 0.717) is 11.8 Å². The summed E-state index contributed by atoms with van der Waals surface area (Å²) in [6.07, 6.45) is -3.85. The molecule has 9 amide bonds. The summed E-state index contributed by atoms with van der Waals surface area (Å²) in [5, 5.41) is 49.1. The topological polar surface area (TPSA) is 361 Å². The second-order valence-electron chi connectivity index (χ2n) is 16.1. The monoisotopic (exact) mass is 902 g/mol. The van der Waals surface area contributed by atoms with Crippen molar-refractivity contribution in [2.45, 2.75) is 107 Å². The third-order valence-corrected chi connectivity index (χ3v) is 12.9. The molecule has 0 radical (unpaired) electrons. The number of nitrogens with two attached hydrogens (primary N) is 1. The lowest BCUT2D eigenvalue weighted by Crippen LogP contribution is -2.62. The second kappa shape index (κ2) is 20.4. The predicted octanol–water partition coefficient (Wildman–Crippen LogP) is -4.89. The molecule has 5 rings (SSSR count). The molecule has 1 saturated heterocycles.